The molecule has 21 heavy (non-hydrogen) atoms. The molecule has 1 heterocycles. The maximum absolute atomic E-state index is 12.8. The molecule has 113 valence electrons. The Morgan fingerprint density at radius 2 is 2.00 bits per heavy atom. The van der Waals surface area contributed by atoms with Crippen LogP contribution in [0.3, 0.4) is 0 Å². The Hall–Kier alpha value is -1.95. The van der Waals surface area contributed by atoms with Crippen LogP contribution in [0.25, 0.3) is 0 Å². The minimum atomic E-state index is -1.91. The average molecular weight is 293 g/mol. The van der Waals surface area contributed by atoms with E-state index in [9.17, 15) is 19.1 Å². The molecule has 1 radical (unpaired) electrons. The lowest BCUT2D eigenvalue weighted by molar-refractivity contribution is -0.177. The summed E-state index contributed by atoms with van der Waals surface area (Å²) < 4.78 is 12.8. The number of carbonyl (C=O) groups is 2. The molecule has 2 rings (SSSR count). The summed E-state index contributed by atoms with van der Waals surface area (Å²) in [5.41, 5.74) is 4.08. The van der Waals surface area contributed by atoms with Gasteiger partial charge in [0.25, 0.3) is 5.91 Å². The summed E-state index contributed by atoms with van der Waals surface area (Å²) in [6, 6.07) is 5.79. The first kappa shape index (κ1) is 15.4. The van der Waals surface area contributed by atoms with Gasteiger partial charge in [0.1, 0.15) is 5.82 Å². The van der Waals surface area contributed by atoms with E-state index in [-0.39, 0.29) is 18.8 Å². The van der Waals surface area contributed by atoms with Crippen LogP contribution in [0, 0.1) is 12.2 Å². The molecule has 0 saturated carbocycles. The molecule has 0 spiro atoms. The molecule has 1 unspecified atom stereocenters. The van der Waals surface area contributed by atoms with Gasteiger partial charge in [0.2, 0.25) is 11.6 Å². The molecule has 1 atom stereocenters. The predicted molar refractivity (Wildman–Crippen MR) is 74.1 cm³/mol. The van der Waals surface area contributed by atoms with Gasteiger partial charge in [-0.1, -0.05) is 12.1 Å². The monoisotopic (exact) mass is 293 g/mol. The minimum Gasteiger partial charge on any atom is -0.365 e. The van der Waals surface area contributed by atoms with E-state index in [2.05, 4.69) is 0 Å². The van der Waals surface area contributed by atoms with Gasteiger partial charge in [0, 0.05) is 13.0 Å². The van der Waals surface area contributed by atoms with E-state index >= 15 is 0 Å². The van der Waals surface area contributed by atoms with Gasteiger partial charge in [0.15, 0.2) is 0 Å². The number of hydrogen-bond donors (Lipinski definition) is 2. The van der Waals surface area contributed by atoms with Crippen LogP contribution in [0.5, 0.6) is 0 Å². The largest absolute Gasteiger partial charge is 0.365 e. The molecular weight excluding hydrogens is 275 g/mol. The number of primary amides is 1. The van der Waals surface area contributed by atoms with Crippen molar-refractivity contribution < 1.29 is 19.1 Å². The summed E-state index contributed by atoms with van der Waals surface area (Å²) in [7, 11) is 0. The van der Waals surface area contributed by atoms with Gasteiger partial charge in [0.05, 0.1) is 6.42 Å². The van der Waals surface area contributed by atoms with Crippen molar-refractivity contribution in [2.45, 2.75) is 31.4 Å². The second kappa shape index (κ2) is 6.22. The van der Waals surface area contributed by atoms with Gasteiger partial charge in [-0.2, -0.15) is 0 Å². The molecule has 2 amide bonds. The van der Waals surface area contributed by atoms with Gasteiger partial charge in [-0.05, 0) is 37.0 Å². The van der Waals surface area contributed by atoms with Crippen molar-refractivity contribution in [1.82, 2.24) is 4.90 Å². The second-order valence-corrected chi connectivity index (χ2v) is 5.16. The third kappa shape index (κ3) is 3.39. The number of benzene rings is 1. The number of piperidine rings is 1. The highest BCUT2D eigenvalue weighted by Gasteiger charge is 2.44. The Bertz CT molecular complexity index is 532. The van der Waals surface area contributed by atoms with Crippen molar-refractivity contribution in [3.63, 3.8) is 0 Å². The molecule has 1 saturated heterocycles. The molecule has 1 aromatic rings. The van der Waals surface area contributed by atoms with Crippen LogP contribution < -0.4 is 5.73 Å². The molecule has 6 heteroatoms. The molecule has 1 aromatic carbocycles. The standard InChI is InChI=1S/C15H18FN2O3/c16-12-6-3-11(4-7-12)5-8-13(19)18-10-2-1-9-15(18,21)14(17)20/h3-4,6-8,21H,1-2,5,9-10H2,(H2,17,20). The molecular formula is C15H18FN2O3. The fourth-order valence-electron chi connectivity index (χ4n) is 2.45. The maximum atomic E-state index is 12.8. The van der Waals surface area contributed by atoms with Crippen LogP contribution >= 0.6 is 0 Å². The summed E-state index contributed by atoms with van der Waals surface area (Å²) in [5.74, 6) is -1.70. The van der Waals surface area contributed by atoms with Crippen LogP contribution in [-0.2, 0) is 16.0 Å². The first-order valence-corrected chi connectivity index (χ1v) is 6.85. The number of rotatable bonds is 4. The number of amides is 2. The van der Waals surface area contributed by atoms with Crippen molar-refractivity contribution in [3.05, 3.63) is 42.1 Å². The summed E-state index contributed by atoms with van der Waals surface area (Å²) >= 11 is 0. The lowest BCUT2D eigenvalue weighted by Gasteiger charge is -2.40. The average Bonchev–Trinajstić information content (AvgIpc) is 2.46. The molecule has 0 aliphatic carbocycles. The zero-order valence-electron chi connectivity index (χ0n) is 11.6. The minimum absolute atomic E-state index is 0.151. The Kier molecular flexibility index (Phi) is 4.57. The van der Waals surface area contributed by atoms with Crippen molar-refractivity contribution in [2.75, 3.05) is 6.54 Å². The van der Waals surface area contributed by atoms with Gasteiger partial charge in [-0.15, -0.1) is 0 Å². The summed E-state index contributed by atoms with van der Waals surface area (Å²) in [6.45, 7) is 0.290. The van der Waals surface area contributed by atoms with E-state index in [0.717, 1.165) is 10.5 Å². The summed E-state index contributed by atoms with van der Waals surface area (Å²) in [6.07, 6.45) is 3.17. The van der Waals surface area contributed by atoms with E-state index in [0.29, 0.717) is 19.3 Å². The number of halogens is 1. The highest BCUT2D eigenvalue weighted by atomic mass is 19.1. The number of nitrogens with two attached hydrogens (primary N) is 1. The quantitative estimate of drug-likeness (QED) is 0.859. The fourth-order valence-corrected chi connectivity index (χ4v) is 2.45. The predicted octanol–water partition coefficient (Wildman–Crippen LogP) is 0.759. The number of aliphatic hydroxyl groups is 1. The van der Waals surface area contributed by atoms with Crippen LogP contribution in [0.2, 0.25) is 0 Å². The second-order valence-electron chi connectivity index (χ2n) is 5.16. The number of carbonyl (C=O) groups excluding carboxylic acids is 2. The smallest absolute Gasteiger partial charge is 0.270 e. The third-order valence-electron chi connectivity index (χ3n) is 3.69. The maximum Gasteiger partial charge on any atom is 0.270 e. The Morgan fingerprint density at radius 1 is 1.33 bits per heavy atom. The Labute approximate surface area is 122 Å². The van der Waals surface area contributed by atoms with Crippen LogP contribution in [0.15, 0.2) is 24.3 Å². The number of nitrogens with zero attached hydrogens (tertiary/aromatic N) is 1. The van der Waals surface area contributed by atoms with Crippen LogP contribution in [0.1, 0.15) is 24.8 Å². The van der Waals surface area contributed by atoms with Crippen molar-refractivity contribution in [2.24, 2.45) is 5.73 Å². The third-order valence-corrected chi connectivity index (χ3v) is 3.69. The van der Waals surface area contributed by atoms with E-state index < -0.39 is 17.5 Å². The zero-order valence-corrected chi connectivity index (χ0v) is 11.6. The van der Waals surface area contributed by atoms with Gasteiger partial charge >= 0.3 is 0 Å². The molecule has 0 aromatic heterocycles. The first-order valence-electron chi connectivity index (χ1n) is 6.85. The topological polar surface area (TPSA) is 83.6 Å². The Morgan fingerprint density at radius 3 is 2.62 bits per heavy atom. The van der Waals surface area contributed by atoms with E-state index in [1.165, 1.54) is 18.6 Å². The highest BCUT2D eigenvalue weighted by molar-refractivity contribution is 5.92. The van der Waals surface area contributed by atoms with Crippen LogP contribution in [0.4, 0.5) is 4.39 Å². The van der Waals surface area contributed by atoms with Crippen LogP contribution in [-0.4, -0.2) is 34.1 Å². The van der Waals surface area contributed by atoms with Gasteiger partial charge in [-0.25, -0.2) is 4.39 Å². The van der Waals surface area contributed by atoms with E-state index in [1.54, 1.807) is 12.1 Å². The molecule has 5 nitrogen and oxygen atoms in total. The van der Waals surface area contributed by atoms with Gasteiger partial charge < -0.3 is 15.7 Å². The number of hydrogen-bond acceptors (Lipinski definition) is 3. The van der Waals surface area contributed by atoms with Gasteiger partial charge in [-0.3, -0.25) is 9.59 Å². The van der Waals surface area contributed by atoms with E-state index in [4.69, 9.17) is 5.73 Å². The first-order chi connectivity index (χ1) is 9.93. The molecule has 0 bridgehead atoms. The molecule has 1 aliphatic heterocycles. The molecule has 3 N–H and O–H groups in total. The number of likely N-dealkylation sites (tertiary alicyclic amines) is 1. The highest BCUT2D eigenvalue weighted by Crippen LogP contribution is 2.26. The SMILES string of the molecule is NC(=O)C1(O)CCCCN1C(=O)[CH]Cc1ccc(F)cc1. The molecule has 1 aliphatic rings. The summed E-state index contributed by atoms with van der Waals surface area (Å²) in [4.78, 5) is 24.7. The fraction of sp³-hybridized carbons (Fsp3) is 0.400. The Balaban J connectivity index is 2.01. The normalized spacial score (nSPS) is 22.1. The van der Waals surface area contributed by atoms with Crippen molar-refractivity contribution in [3.8, 4) is 0 Å². The summed E-state index contributed by atoms with van der Waals surface area (Å²) in [5, 5.41) is 10.3. The molecule has 1 fully saturated rings. The lowest BCUT2D eigenvalue weighted by atomic mass is 9.96. The zero-order chi connectivity index (χ0) is 15.5. The van der Waals surface area contributed by atoms with Crippen molar-refractivity contribution >= 4 is 11.8 Å². The van der Waals surface area contributed by atoms with Crippen molar-refractivity contribution in [1.29, 1.82) is 0 Å². The lowest BCUT2D eigenvalue weighted by Crippen LogP contribution is -2.61. The van der Waals surface area contributed by atoms with E-state index in [1.807, 2.05) is 0 Å².